The van der Waals surface area contributed by atoms with Crippen LogP contribution in [0.25, 0.3) is 0 Å². The molecule has 0 fully saturated rings. The molecule has 0 bridgehead atoms. The van der Waals surface area contributed by atoms with Crippen molar-refractivity contribution in [1.29, 1.82) is 0 Å². The van der Waals surface area contributed by atoms with Crippen molar-refractivity contribution in [2.24, 2.45) is 5.73 Å². The number of nitrogens with two attached hydrogens (primary N) is 1. The van der Waals surface area contributed by atoms with Gasteiger partial charge in [0.1, 0.15) is 20.9 Å². The minimum absolute atomic E-state index is 0.0594. The Labute approximate surface area is 124 Å². The minimum atomic E-state index is -3.46. The molecule has 112 valence electrons. The van der Waals surface area contributed by atoms with Crippen LogP contribution in [0.2, 0.25) is 0 Å². The summed E-state index contributed by atoms with van der Waals surface area (Å²) in [5.41, 5.74) is 5.61. The number of ether oxygens (including phenoxy) is 1. The lowest BCUT2D eigenvalue weighted by Crippen LogP contribution is -2.50. The van der Waals surface area contributed by atoms with E-state index in [-0.39, 0.29) is 26.6 Å². The zero-order valence-corrected chi connectivity index (χ0v) is 12.4. The van der Waals surface area contributed by atoms with E-state index in [1.165, 1.54) is 0 Å². The molecule has 1 aromatic rings. The number of carboxylic acid groups (broad SMARTS) is 1. The molecular formula is C10H11BrF2N2O4S. The number of halogens is 3. The number of thiophene rings is 1. The Kier molecular flexibility index (Phi) is 4.19. The van der Waals surface area contributed by atoms with E-state index >= 15 is 0 Å². The van der Waals surface area contributed by atoms with Crippen LogP contribution in [0.1, 0.15) is 9.67 Å². The molecule has 2 rings (SSSR count). The van der Waals surface area contributed by atoms with Gasteiger partial charge in [-0.2, -0.15) is 8.78 Å². The predicted octanol–water partition coefficient (Wildman–Crippen LogP) is 1.32. The van der Waals surface area contributed by atoms with E-state index in [2.05, 4.69) is 20.7 Å². The zero-order chi connectivity index (χ0) is 15.1. The number of fused-ring (bicyclic) bond motifs is 1. The van der Waals surface area contributed by atoms with Crippen LogP contribution in [0.15, 0.2) is 3.79 Å². The van der Waals surface area contributed by atoms with E-state index in [1.807, 2.05) is 0 Å². The number of carboxylic acids is 1. The van der Waals surface area contributed by atoms with Crippen molar-refractivity contribution in [1.82, 2.24) is 0 Å². The van der Waals surface area contributed by atoms with Crippen molar-refractivity contribution >= 4 is 38.9 Å². The van der Waals surface area contributed by atoms with Gasteiger partial charge < -0.3 is 25.6 Å². The third-order valence-electron chi connectivity index (χ3n) is 2.63. The van der Waals surface area contributed by atoms with E-state index in [0.29, 0.717) is 0 Å². The summed E-state index contributed by atoms with van der Waals surface area (Å²) in [6, 6.07) is -0.767. The highest BCUT2D eigenvalue weighted by Gasteiger charge is 2.44. The lowest BCUT2D eigenvalue weighted by Gasteiger charge is -2.35. The molecular weight excluding hydrogens is 362 g/mol. The molecule has 6 nitrogen and oxygen atoms in total. The molecule has 1 aliphatic rings. The number of anilines is 1. The number of hydrogen-bond donors (Lipinski definition) is 3. The molecule has 2 heterocycles. The largest absolute Gasteiger partial charge is 0.477 e. The number of nitrogens with zero attached hydrogens (tertiary/aromatic N) is 1. The third kappa shape index (κ3) is 2.87. The molecule has 0 radical (unpaired) electrons. The lowest BCUT2D eigenvalue weighted by atomic mass is 10.2. The number of alkyl halides is 2. The Balaban J connectivity index is 2.47. The molecule has 0 amide bonds. The molecule has 1 unspecified atom stereocenters. The molecule has 0 saturated carbocycles. The van der Waals surface area contributed by atoms with Crippen LogP contribution in [-0.4, -0.2) is 48.0 Å². The highest BCUT2D eigenvalue weighted by atomic mass is 79.9. The smallest absolute Gasteiger partial charge is 0.416 e. The summed E-state index contributed by atoms with van der Waals surface area (Å²) in [6.45, 7) is -1.32. The summed E-state index contributed by atoms with van der Waals surface area (Å²) >= 11 is 3.81. The maximum Gasteiger partial charge on any atom is 0.416 e. The fourth-order valence-corrected chi connectivity index (χ4v) is 3.45. The Hall–Kier alpha value is -0.970. The molecule has 1 aliphatic heterocycles. The summed E-state index contributed by atoms with van der Waals surface area (Å²) in [7, 11) is 0. The van der Waals surface area contributed by atoms with E-state index in [4.69, 9.17) is 15.9 Å². The third-order valence-corrected chi connectivity index (χ3v) is 4.41. The first-order chi connectivity index (χ1) is 9.25. The van der Waals surface area contributed by atoms with Gasteiger partial charge in [-0.3, -0.25) is 0 Å². The Morgan fingerprint density at radius 2 is 2.30 bits per heavy atom. The summed E-state index contributed by atoms with van der Waals surface area (Å²) in [6.07, 6.45) is -3.46. The molecule has 20 heavy (non-hydrogen) atoms. The number of carbonyl (C=O) groups is 1. The Morgan fingerprint density at radius 1 is 1.65 bits per heavy atom. The normalized spacial score (nSPS) is 18.4. The van der Waals surface area contributed by atoms with Gasteiger partial charge in [-0.25, -0.2) is 4.79 Å². The van der Waals surface area contributed by atoms with Gasteiger partial charge in [0.05, 0.1) is 6.61 Å². The van der Waals surface area contributed by atoms with E-state index < -0.39 is 31.3 Å². The summed E-state index contributed by atoms with van der Waals surface area (Å²) in [4.78, 5) is 12.2. The Bertz CT molecular complexity index is 540. The number of aliphatic hydroxyl groups excluding tert-OH is 1. The fraction of sp³-hybridized carbons (Fsp3) is 0.500. The van der Waals surface area contributed by atoms with E-state index in [9.17, 15) is 13.6 Å². The van der Waals surface area contributed by atoms with Crippen LogP contribution in [-0.2, 0) is 0 Å². The van der Waals surface area contributed by atoms with Crippen LogP contribution in [0.3, 0.4) is 0 Å². The van der Waals surface area contributed by atoms with E-state index in [1.54, 1.807) is 0 Å². The number of aliphatic hydroxyl groups is 1. The van der Waals surface area contributed by atoms with Gasteiger partial charge in [0.15, 0.2) is 5.75 Å². The van der Waals surface area contributed by atoms with Gasteiger partial charge in [-0.05, 0) is 15.9 Å². The fourth-order valence-electron chi connectivity index (χ4n) is 1.88. The molecule has 0 saturated heterocycles. The molecule has 4 N–H and O–H groups in total. The topological polar surface area (TPSA) is 96.0 Å². The quantitative estimate of drug-likeness (QED) is 0.737. The maximum atomic E-state index is 13.5. The summed E-state index contributed by atoms with van der Waals surface area (Å²) in [5.74, 6) is -1.46. The SMILES string of the molecule is NC(CO)CN1CC(F)(F)Oc2c(Br)sc(C(=O)O)c21. The first kappa shape index (κ1) is 15.4. The van der Waals surface area contributed by atoms with Crippen molar-refractivity contribution in [2.75, 3.05) is 24.6 Å². The second-order valence-corrected chi connectivity index (χ2v) is 6.59. The second-order valence-electron chi connectivity index (χ2n) is 4.25. The van der Waals surface area contributed by atoms with Crippen molar-refractivity contribution in [3.8, 4) is 5.75 Å². The van der Waals surface area contributed by atoms with Crippen LogP contribution in [0, 0.1) is 0 Å². The standard InChI is InChI=1S/C10H11BrF2N2O4S/c11-8-6-5(7(20-8)9(17)18)15(1-4(14)2-16)3-10(12,13)19-6/h4,16H,1-3,14H2,(H,17,18). The highest BCUT2D eigenvalue weighted by molar-refractivity contribution is 9.11. The van der Waals surface area contributed by atoms with Crippen LogP contribution in [0.5, 0.6) is 5.75 Å². The van der Waals surface area contributed by atoms with Crippen LogP contribution < -0.4 is 15.4 Å². The molecule has 0 aliphatic carbocycles. The van der Waals surface area contributed by atoms with Crippen molar-refractivity contribution in [3.05, 3.63) is 8.66 Å². The molecule has 10 heteroatoms. The maximum absolute atomic E-state index is 13.5. The second kappa shape index (κ2) is 5.43. The predicted molar refractivity (Wildman–Crippen MR) is 71.8 cm³/mol. The van der Waals surface area contributed by atoms with Gasteiger partial charge in [0.2, 0.25) is 0 Å². The van der Waals surface area contributed by atoms with Crippen molar-refractivity contribution < 1.29 is 28.5 Å². The summed E-state index contributed by atoms with van der Waals surface area (Å²) < 4.78 is 31.8. The molecule has 0 spiro atoms. The number of aromatic carboxylic acids is 1. The van der Waals surface area contributed by atoms with Gasteiger partial charge >= 0.3 is 12.1 Å². The molecule has 0 aromatic carbocycles. The van der Waals surface area contributed by atoms with Gasteiger partial charge in [0, 0.05) is 12.6 Å². The van der Waals surface area contributed by atoms with Gasteiger partial charge in [0.25, 0.3) is 0 Å². The number of rotatable bonds is 4. The monoisotopic (exact) mass is 372 g/mol. The zero-order valence-electron chi connectivity index (χ0n) is 9.98. The lowest BCUT2D eigenvalue weighted by molar-refractivity contribution is -0.172. The highest BCUT2D eigenvalue weighted by Crippen LogP contribution is 2.50. The van der Waals surface area contributed by atoms with Crippen LogP contribution >= 0.6 is 27.3 Å². The first-order valence-corrected chi connectivity index (χ1v) is 7.10. The number of hydrogen-bond acceptors (Lipinski definition) is 6. The van der Waals surface area contributed by atoms with Gasteiger partial charge in [-0.1, -0.05) is 0 Å². The average Bonchev–Trinajstić information content (AvgIpc) is 2.65. The van der Waals surface area contributed by atoms with Crippen LogP contribution in [0.4, 0.5) is 14.5 Å². The minimum Gasteiger partial charge on any atom is -0.477 e. The van der Waals surface area contributed by atoms with Crippen molar-refractivity contribution in [2.45, 2.75) is 12.2 Å². The first-order valence-electron chi connectivity index (χ1n) is 5.49. The molecule has 1 aromatic heterocycles. The Morgan fingerprint density at radius 3 is 2.85 bits per heavy atom. The molecule has 1 atom stereocenters. The van der Waals surface area contributed by atoms with Gasteiger partial charge in [-0.15, -0.1) is 11.3 Å². The van der Waals surface area contributed by atoms with E-state index in [0.717, 1.165) is 16.2 Å². The summed E-state index contributed by atoms with van der Waals surface area (Å²) in [5, 5.41) is 18.1. The average molecular weight is 373 g/mol. The van der Waals surface area contributed by atoms with Crippen molar-refractivity contribution in [3.63, 3.8) is 0 Å².